The van der Waals surface area contributed by atoms with E-state index in [9.17, 15) is 0 Å². The van der Waals surface area contributed by atoms with Crippen molar-refractivity contribution in [3.05, 3.63) is 19.1 Å². The second kappa shape index (κ2) is 12.8. The molecule has 16 heavy (non-hydrogen) atoms. The lowest BCUT2D eigenvalue weighted by Crippen LogP contribution is -2.10. The Kier molecular flexibility index (Phi) is 12.5. The van der Waals surface area contributed by atoms with Gasteiger partial charge < -0.3 is 4.74 Å². The lowest BCUT2D eigenvalue weighted by molar-refractivity contribution is 0.0855. The smallest absolute Gasteiger partial charge is 0.0571 e. The second-order valence-corrected chi connectivity index (χ2v) is 4.44. The Balaban J connectivity index is 3.32. The number of methoxy groups -OCH3 is 1. The number of hydrogen-bond acceptors (Lipinski definition) is 1. The van der Waals surface area contributed by atoms with E-state index >= 15 is 0 Å². The molecule has 0 spiro atoms. The molecule has 0 N–H and O–H groups in total. The van der Waals surface area contributed by atoms with Gasteiger partial charge in [-0.2, -0.15) is 0 Å². The molecule has 1 atom stereocenters. The number of rotatable bonds is 12. The molecule has 0 aromatic rings. The highest BCUT2D eigenvalue weighted by Gasteiger charge is 2.06. The summed E-state index contributed by atoms with van der Waals surface area (Å²) in [6, 6.07) is 0. The zero-order chi connectivity index (χ0) is 12.1. The average Bonchev–Trinajstić information content (AvgIpc) is 2.31. The predicted molar refractivity (Wildman–Crippen MR) is 72.5 cm³/mol. The van der Waals surface area contributed by atoms with Crippen LogP contribution in [-0.4, -0.2) is 13.2 Å². The van der Waals surface area contributed by atoms with Crippen LogP contribution in [0.25, 0.3) is 0 Å². The molecular weight excluding hydrogens is 196 g/mol. The highest BCUT2D eigenvalue weighted by molar-refractivity contribution is 4.74. The maximum Gasteiger partial charge on any atom is 0.0571 e. The summed E-state index contributed by atoms with van der Waals surface area (Å²) < 4.78 is 5.50. The van der Waals surface area contributed by atoms with Crippen LogP contribution in [0.2, 0.25) is 0 Å². The van der Waals surface area contributed by atoms with E-state index in [-0.39, 0.29) is 0 Å². The van der Waals surface area contributed by atoms with Gasteiger partial charge in [-0.3, -0.25) is 0 Å². The highest BCUT2D eigenvalue weighted by atomic mass is 16.5. The predicted octanol–water partition coefficient (Wildman–Crippen LogP) is 4.92. The molecule has 95 valence electrons. The largest absolute Gasteiger partial charge is 0.381 e. The van der Waals surface area contributed by atoms with Crippen LogP contribution >= 0.6 is 0 Å². The number of allylic oxidation sites excluding steroid dienone is 1. The summed E-state index contributed by atoms with van der Waals surface area (Å²) >= 11 is 0. The zero-order valence-electron chi connectivity index (χ0n) is 11.2. The van der Waals surface area contributed by atoms with Crippen molar-refractivity contribution in [1.82, 2.24) is 0 Å². The third kappa shape index (κ3) is 10.2. The molecule has 1 radical (unpaired) electrons. The van der Waals surface area contributed by atoms with E-state index in [1.165, 1.54) is 44.9 Å². The first-order valence-corrected chi connectivity index (χ1v) is 6.80. The topological polar surface area (TPSA) is 9.23 Å². The summed E-state index contributed by atoms with van der Waals surface area (Å²) in [6.07, 6.45) is 16.0. The van der Waals surface area contributed by atoms with Gasteiger partial charge in [0.1, 0.15) is 0 Å². The van der Waals surface area contributed by atoms with E-state index in [1.54, 1.807) is 0 Å². The first kappa shape index (κ1) is 15.7. The van der Waals surface area contributed by atoms with E-state index in [4.69, 9.17) is 4.74 Å². The summed E-state index contributed by atoms with van der Waals surface area (Å²) in [5, 5.41) is 0. The van der Waals surface area contributed by atoms with E-state index in [1.807, 2.05) is 13.2 Å². The summed E-state index contributed by atoms with van der Waals surface area (Å²) in [7, 11) is 1.84. The third-order valence-electron chi connectivity index (χ3n) is 2.98. The van der Waals surface area contributed by atoms with Gasteiger partial charge in [0, 0.05) is 7.11 Å². The second-order valence-electron chi connectivity index (χ2n) is 4.44. The number of ether oxygens (including phenoxy) is 1. The molecule has 1 nitrogen and oxygen atoms in total. The molecule has 0 bridgehead atoms. The SMILES string of the molecule is C=CCC[CH]CCC(CCCCCC)OC. The fourth-order valence-electron chi connectivity index (χ4n) is 1.86. The van der Waals surface area contributed by atoms with Crippen LogP contribution in [0.15, 0.2) is 12.7 Å². The van der Waals surface area contributed by atoms with E-state index < -0.39 is 0 Å². The summed E-state index contributed by atoms with van der Waals surface area (Å²) in [5.74, 6) is 0. The Bertz CT molecular complexity index is 142. The average molecular weight is 225 g/mol. The van der Waals surface area contributed by atoms with Gasteiger partial charge in [0.05, 0.1) is 6.10 Å². The van der Waals surface area contributed by atoms with Crippen molar-refractivity contribution in [2.75, 3.05) is 7.11 Å². The van der Waals surface area contributed by atoms with E-state index in [2.05, 4.69) is 19.9 Å². The molecule has 0 aliphatic heterocycles. The van der Waals surface area contributed by atoms with Crippen molar-refractivity contribution in [1.29, 1.82) is 0 Å². The van der Waals surface area contributed by atoms with Crippen LogP contribution in [0.1, 0.15) is 64.7 Å². The molecule has 0 saturated carbocycles. The lowest BCUT2D eigenvalue weighted by atomic mass is 10.0. The Morgan fingerprint density at radius 1 is 1.06 bits per heavy atom. The summed E-state index contributed by atoms with van der Waals surface area (Å²) in [4.78, 5) is 0. The Hall–Kier alpha value is -0.300. The van der Waals surface area contributed by atoms with Gasteiger partial charge in [0.25, 0.3) is 0 Å². The van der Waals surface area contributed by atoms with Crippen LogP contribution in [0, 0.1) is 6.42 Å². The van der Waals surface area contributed by atoms with Crippen LogP contribution in [0.5, 0.6) is 0 Å². The van der Waals surface area contributed by atoms with Crippen LogP contribution in [0.4, 0.5) is 0 Å². The molecule has 1 unspecified atom stereocenters. The molecule has 0 saturated heterocycles. The standard InChI is InChI=1S/C15H29O/c1-4-6-8-10-12-14-15(16-3)13-11-9-7-5-2/h4,10,15H,1,5-9,11-14H2,2-3H3. The first-order chi connectivity index (χ1) is 7.85. The Morgan fingerprint density at radius 3 is 2.50 bits per heavy atom. The van der Waals surface area contributed by atoms with Gasteiger partial charge in [-0.05, 0) is 38.5 Å². The van der Waals surface area contributed by atoms with Gasteiger partial charge in [-0.1, -0.05) is 38.7 Å². The fraction of sp³-hybridized carbons (Fsp3) is 0.800. The van der Waals surface area contributed by atoms with Crippen LogP contribution in [-0.2, 0) is 4.74 Å². The number of hydrogen-bond donors (Lipinski definition) is 0. The first-order valence-electron chi connectivity index (χ1n) is 6.80. The van der Waals surface area contributed by atoms with Crippen LogP contribution in [0.3, 0.4) is 0 Å². The minimum absolute atomic E-state index is 0.469. The van der Waals surface area contributed by atoms with Crippen molar-refractivity contribution in [3.63, 3.8) is 0 Å². The molecule has 1 heteroatoms. The van der Waals surface area contributed by atoms with Gasteiger partial charge in [-0.25, -0.2) is 0 Å². The van der Waals surface area contributed by atoms with Crippen molar-refractivity contribution in [2.24, 2.45) is 0 Å². The molecule has 0 aromatic heterocycles. The minimum atomic E-state index is 0.469. The van der Waals surface area contributed by atoms with Crippen molar-refractivity contribution < 1.29 is 4.74 Å². The van der Waals surface area contributed by atoms with Crippen LogP contribution < -0.4 is 0 Å². The summed E-state index contributed by atoms with van der Waals surface area (Å²) in [5.41, 5.74) is 0. The monoisotopic (exact) mass is 225 g/mol. The maximum absolute atomic E-state index is 5.50. The quantitative estimate of drug-likeness (QED) is 0.338. The summed E-state index contributed by atoms with van der Waals surface area (Å²) in [6.45, 7) is 5.98. The van der Waals surface area contributed by atoms with Gasteiger partial charge in [0.2, 0.25) is 0 Å². The molecule has 0 aromatic carbocycles. The van der Waals surface area contributed by atoms with Crippen molar-refractivity contribution >= 4 is 0 Å². The maximum atomic E-state index is 5.50. The zero-order valence-corrected chi connectivity index (χ0v) is 11.2. The van der Waals surface area contributed by atoms with E-state index in [0.717, 1.165) is 12.8 Å². The van der Waals surface area contributed by atoms with Crippen molar-refractivity contribution in [2.45, 2.75) is 70.8 Å². The molecule has 0 fully saturated rings. The molecule has 0 aliphatic rings. The molecule has 0 rings (SSSR count). The van der Waals surface area contributed by atoms with Crippen molar-refractivity contribution in [3.8, 4) is 0 Å². The third-order valence-corrected chi connectivity index (χ3v) is 2.98. The Labute approximate surface area is 102 Å². The molecule has 0 aliphatic carbocycles. The number of unbranched alkanes of at least 4 members (excludes halogenated alkanes) is 6. The van der Waals surface area contributed by atoms with Gasteiger partial charge >= 0.3 is 0 Å². The normalized spacial score (nSPS) is 12.6. The lowest BCUT2D eigenvalue weighted by Gasteiger charge is -2.14. The minimum Gasteiger partial charge on any atom is -0.381 e. The van der Waals surface area contributed by atoms with E-state index in [0.29, 0.717) is 6.10 Å². The molecule has 0 heterocycles. The van der Waals surface area contributed by atoms with Gasteiger partial charge in [0.15, 0.2) is 0 Å². The van der Waals surface area contributed by atoms with Gasteiger partial charge in [-0.15, -0.1) is 6.58 Å². The molecule has 0 amide bonds. The fourth-order valence-corrected chi connectivity index (χ4v) is 1.86. The highest BCUT2D eigenvalue weighted by Crippen LogP contribution is 2.14. The molecular formula is C15H29O. The Morgan fingerprint density at radius 2 is 1.88 bits per heavy atom.